The van der Waals surface area contributed by atoms with Gasteiger partial charge in [-0.15, -0.1) is 0 Å². The molecule has 0 aromatic heterocycles. The number of carbonyl (C=O) groups excluding carboxylic acids is 1. The number of benzene rings is 2. The second-order valence-corrected chi connectivity index (χ2v) is 6.02. The van der Waals surface area contributed by atoms with Crippen LogP contribution in [0.5, 0.6) is 5.75 Å². The Hall–Kier alpha value is -2.33. The molecule has 0 fully saturated rings. The van der Waals surface area contributed by atoms with Crippen LogP contribution in [0.1, 0.15) is 30.0 Å². The number of nitrogens with one attached hydrogen (secondary N) is 1. The van der Waals surface area contributed by atoms with E-state index in [0.29, 0.717) is 19.4 Å². The number of aliphatic hydroxyl groups excluding tert-OH is 1. The average Bonchev–Trinajstić information content (AvgIpc) is 2.54. The first-order valence-corrected chi connectivity index (χ1v) is 8.25. The van der Waals surface area contributed by atoms with Crippen molar-refractivity contribution < 1.29 is 14.6 Å². The summed E-state index contributed by atoms with van der Waals surface area (Å²) in [6, 6.07) is 15.7. The van der Waals surface area contributed by atoms with Gasteiger partial charge in [0.25, 0.3) is 0 Å². The van der Waals surface area contributed by atoms with Gasteiger partial charge in [-0.1, -0.05) is 36.4 Å². The zero-order chi connectivity index (χ0) is 17.4. The van der Waals surface area contributed by atoms with Gasteiger partial charge in [0.2, 0.25) is 5.91 Å². The van der Waals surface area contributed by atoms with Crippen LogP contribution in [0.3, 0.4) is 0 Å². The second kappa shape index (κ2) is 9.08. The average molecular weight is 327 g/mol. The van der Waals surface area contributed by atoms with Gasteiger partial charge in [0, 0.05) is 12.6 Å². The molecule has 0 aliphatic heterocycles. The van der Waals surface area contributed by atoms with Crippen molar-refractivity contribution in [2.45, 2.75) is 39.3 Å². The summed E-state index contributed by atoms with van der Waals surface area (Å²) in [4.78, 5) is 12.0. The Labute approximate surface area is 143 Å². The van der Waals surface area contributed by atoms with Gasteiger partial charge in [0.15, 0.2) is 0 Å². The molecule has 2 aromatic rings. The Morgan fingerprint density at radius 2 is 2.00 bits per heavy atom. The van der Waals surface area contributed by atoms with Crippen molar-refractivity contribution in [2.24, 2.45) is 0 Å². The summed E-state index contributed by atoms with van der Waals surface area (Å²) in [6.07, 6.45) is 0.864. The van der Waals surface area contributed by atoms with Crippen molar-refractivity contribution in [1.29, 1.82) is 0 Å². The highest BCUT2D eigenvalue weighted by atomic mass is 16.5. The zero-order valence-electron chi connectivity index (χ0n) is 14.3. The summed E-state index contributed by atoms with van der Waals surface area (Å²) in [6.45, 7) is 4.53. The topological polar surface area (TPSA) is 58.6 Å². The number of hydrogen-bond donors (Lipinski definition) is 2. The Kier molecular flexibility index (Phi) is 6.82. The molecule has 0 spiro atoms. The van der Waals surface area contributed by atoms with E-state index in [1.54, 1.807) is 0 Å². The molecular formula is C20H25NO3. The molecule has 4 nitrogen and oxygen atoms in total. The van der Waals surface area contributed by atoms with Crippen molar-refractivity contribution in [3.8, 4) is 5.75 Å². The molecule has 2 aromatic carbocycles. The molecule has 1 atom stereocenters. The predicted molar refractivity (Wildman–Crippen MR) is 95.0 cm³/mol. The minimum absolute atomic E-state index is 0.0250. The molecule has 128 valence electrons. The van der Waals surface area contributed by atoms with Crippen LogP contribution < -0.4 is 10.1 Å². The van der Waals surface area contributed by atoms with E-state index >= 15 is 0 Å². The number of hydrogen-bond acceptors (Lipinski definition) is 3. The van der Waals surface area contributed by atoms with Crippen LogP contribution in [0.15, 0.2) is 48.5 Å². The first-order valence-electron chi connectivity index (χ1n) is 8.25. The van der Waals surface area contributed by atoms with Crippen molar-refractivity contribution in [2.75, 3.05) is 6.61 Å². The van der Waals surface area contributed by atoms with Crippen molar-refractivity contribution in [3.63, 3.8) is 0 Å². The third-order valence-electron chi connectivity index (χ3n) is 3.89. The molecule has 0 saturated carbocycles. The molecule has 2 N–H and O–H groups in total. The first-order chi connectivity index (χ1) is 11.6. The Bertz CT molecular complexity index is 669. The van der Waals surface area contributed by atoms with Gasteiger partial charge in [0.05, 0.1) is 6.42 Å². The highest BCUT2D eigenvalue weighted by Crippen LogP contribution is 2.17. The highest BCUT2D eigenvalue weighted by Gasteiger charge is 2.08. The van der Waals surface area contributed by atoms with Crippen LogP contribution in [0, 0.1) is 6.92 Å². The Morgan fingerprint density at radius 1 is 1.21 bits per heavy atom. The van der Waals surface area contributed by atoms with E-state index in [9.17, 15) is 4.79 Å². The maximum Gasteiger partial charge on any atom is 0.224 e. The number of carbonyl (C=O) groups is 1. The van der Waals surface area contributed by atoms with Gasteiger partial charge < -0.3 is 15.2 Å². The van der Waals surface area contributed by atoms with E-state index in [-0.39, 0.29) is 18.6 Å². The third-order valence-corrected chi connectivity index (χ3v) is 3.89. The number of amides is 1. The Balaban J connectivity index is 1.91. The largest absolute Gasteiger partial charge is 0.489 e. The molecule has 0 aliphatic carbocycles. The molecular weight excluding hydrogens is 302 g/mol. The van der Waals surface area contributed by atoms with Crippen LogP contribution in [-0.2, 0) is 17.8 Å². The molecule has 1 amide bonds. The number of aryl methyl sites for hydroxylation is 1. The van der Waals surface area contributed by atoms with E-state index in [1.807, 2.05) is 43.3 Å². The minimum atomic E-state index is -0.0491. The molecule has 0 bridgehead atoms. The van der Waals surface area contributed by atoms with Crippen LogP contribution in [0.2, 0.25) is 0 Å². The summed E-state index contributed by atoms with van der Waals surface area (Å²) >= 11 is 0. The predicted octanol–water partition coefficient (Wildman–Crippen LogP) is 3.00. The molecule has 0 radical (unpaired) electrons. The maximum atomic E-state index is 12.0. The lowest BCUT2D eigenvalue weighted by Crippen LogP contribution is -2.34. The van der Waals surface area contributed by atoms with Crippen LogP contribution in [0.25, 0.3) is 0 Å². The lowest BCUT2D eigenvalue weighted by Gasteiger charge is -2.13. The van der Waals surface area contributed by atoms with E-state index in [2.05, 4.69) is 24.4 Å². The fourth-order valence-corrected chi connectivity index (χ4v) is 2.46. The summed E-state index contributed by atoms with van der Waals surface area (Å²) in [7, 11) is 0. The lowest BCUT2D eigenvalue weighted by molar-refractivity contribution is -0.121. The van der Waals surface area contributed by atoms with E-state index in [4.69, 9.17) is 9.84 Å². The van der Waals surface area contributed by atoms with Crippen LogP contribution in [0.4, 0.5) is 0 Å². The van der Waals surface area contributed by atoms with Gasteiger partial charge in [-0.05, 0) is 49.1 Å². The van der Waals surface area contributed by atoms with Crippen LogP contribution in [-0.4, -0.2) is 23.7 Å². The third kappa shape index (κ3) is 5.70. The van der Waals surface area contributed by atoms with Crippen molar-refractivity contribution >= 4 is 5.91 Å². The lowest BCUT2D eigenvalue weighted by atomic mass is 10.1. The first kappa shape index (κ1) is 18.0. The second-order valence-electron chi connectivity index (χ2n) is 6.02. The van der Waals surface area contributed by atoms with Gasteiger partial charge >= 0.3 is 0 Å². The standard InChI is InChI=1S/C20H25NO3/c1-15-6-3-4-8-18(15)14-24-19-9-5-7-17(12-19)13-20(23)21-16(2)10-11-22/h3-9,12,16,22H,10-11,13-14H2,1-2H3,(H,21,23). The maximum absolute atomic E-state index is 12.0. The monoisotopic (exact) mass is 327 g/mol. The number of ether oxygens (including phenoxy) is 1. The summed E-state index contributed by atoms with van der Waals surface area (Å²) in [5.41, 5.74) is 3.26. The molecule has 2 rings (SSSR count). The van der Waals surface area contributed by atoms with Crippen molar-refractivity contribution in [1.82, 2.24) is 5.32 Å². The number of rotatable bonds is 8. The fraction of sp³-hybridized carbons (Fsp3) is 0.350. The normalized spacial score (nSPS) is 11.8. The van der Waals surface area contributed by atoms with E-state index in [1.165, 1.54) is 5.56 Å². The SMILES string of the molecule is Cc1ccccc1COc1cccc(CC(=O)NC(C)CCO)c1. The minimum Gasteiger partial charge on any atom is -0.489 e. The van der Waals surface area contributed by atoms with Crippen molar-refractivity contribution in [3.05, 3.63) is 65.2 Å². The van der Waals surface area contributed by atoms with Gasteiger partial charge in [0.1, 0.15) is 12.4 Å². The number of aliphatic hydroxyl groups is 1. The summed E-state index contributed by atoms with van der Waals surface area (Å²) < 4.78 is 5.85. The van der Waals surface area contributed by atoms with Crippen LogP contribution >= 0.6 is 0 Å². The molecule has 0 saturated heterocycles. The molecule has 0 heterocycles. The summed E-state index contributed by atoms with van der Waals surface area (Å²) in [5.74, 6) is 0.707. The Morgan fingerprint density at radius 3 is 2.75 bits per heavy atom. The van der Waals surface area contributed by atoms with Gasteiger partial charge in [-0.3, -0.25) is 4.79 Å². The molecule has 1 unspecified atom stereocenters. The zero-order valence-corrected chi connectivity index (χ0v) is 14.3. The van der Waals surface area contributed by atoms with Gasteiger partial charge in [-0.25, -0.2) is 0 Å². The van der Waals surface area contributed by atoms with E-state index < -0.39 is 0 Å². The quantitative estimate of drug-likeness (QED) is 0.783. The molecule has 24 heavy (non-hydrogen) atoms. The highest BCUT2D eigenvalue weighted by molar-refractivity contribution is 5.78. The van der Waals surface area contributed by atoms with Gasteiger partial charge in [-0.2, -0.15) is 0 Å². The molecule has 0 aliphatic rings. The summed E-state index contributed by atoms with van der Waals surface area (Å²) in [5, 5.41) is 11.8. The van der Waals surface area contributed by atoms with E-state index in [0.717, 1.165) is 16.9 Å². The fourth-order valence-electron chi connectivity index (χ4n) is 2.46. The smallest absolute Gasteiger partial charge is 0.224 e. The molecule has 4 heteroatoms.